The van der Waals surface area contributed by atoms with E-state index in [1.54, 1.807) is 126 Å². The van der Waals surface area contributed by atoms with Crippen molar-refractivity contribution in [2.75, 3.05) is 115 Å². The average Bonchev–Trinajstić information content (AvgIpc) is 1.77. The number of imide groups is 1. The molecule has 716 valence electrons. The molecule has 2 aliphatic carbocycles. The SMILES string of the molecule is CCOc1cc(F)cc(N(CCN2C(=O)c3ccccc3C2=O)c2ccc3ncc(-c4cnn(C)c4)nc3c2)c1.COc1cc(C2OCCO2)cc(N(CC2CC2)c2ccc3ncc(-c4cnn(C)c4)nc3c2)c1.COc1cc(OC)cc(N(CC2(OC)CCCCC2)c2ccc3ncc(-c4cnn(C)c4)nc3c2)c1.[2H]C([2H])([2H])Oc1cc(OC)cc(N(CCC)c2ccc3ncc(-c4cnn(C)c4)nc3c2)c1. The van der Waals surface area contributed by atoms with Crippen LogP contribution in [0, 0.1) is 11.7 Å². The summed E-state index contributed by atoms with van der Waals surface area (Å²) in [6.45, 7) is 8.12. The molecular formula is C107H110FN21O11. The topological polar surface area (TPSA) is 308 Å². The summed E-state index contributed by atoms with van der Waals surface area (Å²) in [5.41, 5.74) is 21.3. The summed E-state index contributed by atoms with van der Waals surface area (Å²) in [5, 5.41) is 17.0. The number of hydrogen-bond donors (Lipinski definition) is 0. The fraction of sp³-hybridized carbons (Fsp3) is 0.290. The zero-order chi connectivity index (χ0) is 99.6. The van der Waals surface area contributed by atoms with Gasteiger partial charge < -0.3 is 62.2 Å². The van der Waals surface area contributed by atoms with E-state index in [4.69, 9.17) is 66.7 Å². The molecule has 140 heavy (non-hydrogen) atoms. The number of carbonyl (C=O) groups is 2. The lowest BCUT2D eigenvalue weighted by molar-refractivity contribution is -0.0442. The van der Waals surface area contributed by atoms with Gasteiger partial charge in [0.05, 0.1) is 199 Å². The van der Waals surface area contributed by atoms with Gasteiger partial charge in [-0.05, 0) is 148 Å². The molecule has 0 spiro atoms. The monoisotopic (exact) mass is 1890 g/mol. The van der Waals surface area contributed by atoms with E-state index in [9.17, 15) is 14.0 Å². The Balaban J connectivity index is 0.000000126. The van der Waals surface area contributed by atoms with Gasteiger partial charge in [-0.1, -0.05) is 38.3 Å². The highest BCUT2D eigenvalue weighted by molar-refractivity contribution is 6.21. The molecule has 0 unspecified atom stereocenters. The molecule has 4 aliphatic rings. The van der Waals surface area contributed by atoms with E-state index in [0.717, 1.165) is 155 Å². The quantitative estimate of drug-likeness (QED) is 0.0378. The molecule has 8 aromatic heterocycles. The fourth-order valence-electron chi connectivity index (χ4n) is 17.6. The molecule has 9 aromatic carbocycles. The smallest absolute Gasteiger partial charge is 0.261 e. The number of carbonyl (C=O) groups excluding carboxylic acids is 2. The zero-order valence-corrected chi connectivity index (χ0v) is 79.8. The van der Waals surface area contributed by atoms with E-state index in [-0.39, 0.29) is 42.5 Å². The minimum absolute atomic E-state index is 0.0896. The van der Waals surface area contributed by atoms with Crippen LogP contribution < -0.4 is 48.0 Å². The molecule has 2 aliphatic heterocycles. The minimum atomic E-state index is -2.56. The highest BCUT2D eigenvalue weighted by Gasteiger charge is 2.38. The van der Waals surface area contributed by atoms with Crippen LogP contribution in [0.25, 0.3) is 89.2 Å². The summed E-state index contributed by atoms with van der Waals surface area (Å²) in [6, 6.07) is 52.4. The first kappa shape index (κ1) is 90.6. The Labute approximate surface area is 814 Å². The van der Waals surface area contributed by atoms with Crippen molar-refractivity contribution < 1.29 is 60.7 Å². The maximum Gasteiger partial charge on any atom is 0.261 e. The van der Waals surface area contributed by atoms with Gasteiger partial charge in [-0.15, -0.1) is 0 Å². The van der Waals surface area contributed by atoms with Gasteiger partial charge >= 0.3 is 0 Å². The third-order valence-electron chi connectivity index (χ3n) is 25.0. The summed E-state index contributed by atoms with van der Waals surface area (Å²) < 4.78 is 94.7. The zero-order valence-electron chi connectivity index (χ0n) is 82.8. The van der Waals surface area contributed by atoms with Gasteiger partial charge in [-0.25, -0.2) is 24.3 Å². The van der Waals surface area contributed by atoms with Crippen molar-refractivity contribution in [2.45, 2.75) is 77.1 Å². The Morgan fingerprint density at radius 1 is 0.421 bits per heavy atom. The summed E-state index contributed by atoms with van der Waals surface area (Å²) in [4.78, 5) is 73.6. The molecule has 10 heterocycles. The number of rotatable bonds is 30. The molecule has 0 atom stereocenters. The highest BCUT2D eigenvalue weighted by atomic mass is 19.1. The molecular weight excluding hydrogens is 1770 g/mol. The van der Waals surface area contributed by atoms with E-state index in [2.05, 4.69) is 98.4 Å². The van der Waals surface area contributed by atoms with Crippen LogP contribution in [0.15, 0.2) is 244 Å². The third-order valence-corrected chi connectivity index (χ3v) is 25.0. The second kappa shape index (κ2) is 42.4. The van der Waals surface area contributed by atoms with Gasteiger partial charge in [0.25, 0.3) is 11.8 Å². The summed E-state index contributed by atoms with van der Waals surface area (Å²) in [6.07, 6.45) is 30.4. The Morgan fingerprint density at radius 2 is 0.814 bits per heavy atom. The molecule has 2 amide bonds. The largest absolute Gasteiger partial charge is 0.497 e. The standard InChI is InChI=1S/C30H25FN6O3.C28H33N5O3.C26H27N5O3.C23H25N5O2/c1-3-40-23-13-20(31)12-22(14-23)36(10-11-37-29(38)24-6-4-5-7-25(24)30(37)39)21-8-9-26-27(15-21)34-28(17-32-26)19-16-33-35(2)18-19;1-32-18-20(16-30-32)27-17-29-25-9-8-21(14-26(25)31-27)33(19-28(36-4)10-6-5-7-11-28)22-12-23(34-2)15-24(13-22)35-3;1-30-16-19(13-28-30)25-14-27-23-6-5-20(12-24(23)29-25)31(15-17-3-4-17)21-9-18(10-22(11-21)32-2)26-33-7-8-34-26;1-5-8-28(18-9-19(29-3)12-20(10-18)30-4)17-6-7-21-22(11-17)26-23(14-24-21)16-13-25-27(2)15-16/h4-9,12-18H,3,10-11H2,1-2H3;8-9,12-18H,5-7,10-11,19H2,1-4H3;5-6,9-14,16-17,26H,3-4,7-8,15H2,1-2H3;6-7,9-15H,5,8H2,1-4H3/i;;;3D3. The minimum Gasteiger partial charge on any atom is -0.497 e. The van der Waals surface area contributed by atoms with E-state index >= 15 is 0 Å². The number of ether oxygens (including phenoxy) is 9. The van der Waals surface area contributed by atoms with Crippen LogP contribution in [0.5, 0.6) is 34.5 Å². The molecule has 32 nitrogen and oxygen atoms in total. The first-order chi connectivity index (χ1) is 69.3. The van der Waals surface area contributed by atoms with Crippen LogP contribution >= 0.6 is 0 Å². The van der Waals surface area contributed by atoms with Crippen LogP contribution in [0.1, 0.15) is 102 Å². The van der Waals surface area contributed by atoms with Crippen LogP contribution in [-0.4, -0.2) is 196 Å². The molecule has 2 saturated carbocycles. The number of hydrogen-bond acceptors (Lipinski definition) is 27. The van der Waals surface area contributed by atoms with Crippen LogP contribution in [0.4, 0.5) is 49.9 Å². The number of aryl methyl sites for hydroxylation is 4. The molecule has 21 rings (SSSR count). The lowest BCUT2D eigenvalue weighted by Gasteiger charge is -2.41. The van der Waals surface area contributed by atoms with E-state index in [1.165, 1.54) is 56.2 Å². The Morgan fingerprint density at radius 3 is 1.21 bits per heavy atom. The molecule has 17 aromatic rings. The number of amides is 2. The lowest BCUT2D eigenvalue weighted by atomic mass is 9.84. The second-order valence-electron chi connectivity index (χ2n) is 34.7. The first-order valence-electron chi connectivity index (χ1n) is 48.0. The van der Waals surface area contributed by atoms with Gasteiger partial charge in [-0.3, -0.25) is 53.2 Å². The maximum atomic E-state index is 14.7. The number of nitrogens with zero attached hydrogens (tertiary/aromatic N) is 21. The molecule has 0 bridgehead atoms. The van der Waals surface area contributed by atoms with Crippen molar-refractivity contribution in [3.63, 3.8) is 0 Å². The number of fused-ring (bicyclic) bond motifs is 5. The number of halogens is 1. The van der Waals surface area contributed by atoms with Crippen molar-refractivity contribution in [1.82, 2.24) is 83.9 Å². The van der Waals surface area contributed by atoms with Crippen LogP contribution in [0.2, 0.25) is 0 Å². The third kappa shape index (κ3) is 21.6. The predicted octanol–water partition coefficient (Wildman–Crippen LogP) is 19.8. The molecule has 0 N–H and O–H groups in total. The number of anilines is 8. The van der Waals surface area contributed by atoms with E-state index in [0.29, 0.717) is 89.6 Å². The molecule has 33 heteroatoms. The molecule has 3 fully saturated rings. The van der Waals surface area contributed by atoms with Crippen LogP contribution in [0.3, 0.4) is 0 Å². The number of aromatic nitrogens is 16. The number of benzene rings is 9. The normalized spacial score (nSPS) is 14.2. The van der Waals surface area contributed by atoms with Gasteiger partial charge in [-0.2, -0.15) is 20.4 Å². The maximum absolute atomic E-state index is 14.7. The molecule has 0 radical (unpaired) electrons. The highest BCUT2D eigenvalue weighted by Crippen LogP contribution is 2.44. The van der Waals surface area contributed by atoms with E-state index in [1.807, 2.05) is 157 Å². The number of methoxy groups -OCH3 is 6. The summed E-state index contributed by atoms with van der Waals surface area (Å²) in [7, 11) is 13.3. The van der Waals surface area contributed by atoms with Crippen molar-refractivity contribution in [2.24, 2.45) is 34.1 Å². The summed E-state index contributed by atoms with van der Waals surface area (Å²) >= 11 is 0. The van der Waals surface area contributed by atoms with Crippen molar-refractivity contribution in [1.29, 1.82) is 0 Å². The molecule has 1 saturated heterocycles. The second-order valence-corrected chi connectivity index (χ2v) is 34.7. The van der Waals surface area contributed by atoms with Crippen molar-refractivity contribution in [3.8, 4) is 79.5 Å². The van der Waals surface area contributed by atoms with Gasteiger partial charge in [0, 0.05) is 214 Å². The van der Waals surface area contributed by atoms with Crippen molar-refractivity contribution in [3.05, 3.63) is 267 Å². The fourth-order valence-corrected chi connectivity index (χ4v) is 17.6. The van der Waals surface area contributed by atoms with Crippen molar-refractivity contribution >= 4 is 101 Å². The van der Waals surface area contributed by atoms with Gasteiger partial charge in [0.1, 0.15) is 40.3 Å². The van der Waals surface area contributed by atoms with E-state index < -0.39 is 12.9 Å². The summed E-state index contributed by atoms with van der Waals surface area (Å²) in [5.74, 6) is 2.88. The average molecular weight is 1890 g/mol. The first-order valence-corrected chi connectivity index (χ1v) is 46.5. The Kier molecular flexibility index (Phi) is 27.4. The Bertz CT molecular complexity index is 7390. The van der Waals surface area contributed by atoms with Gasteiger partial charge in [0.2, 0.25) is 0 Å². The Hall–Kier alpha value is -15.9. The lowest BCUT2D eigenvalue weighted by Crippen LogP contribution is -2.44. The predicted molar refractivity (Wildman–Crippen MR) is 537 cm³/mol. The van der Waals surface area contributed by atoms with Gasteiger partial charge in [0.15, 0.2) is 6.29 Å². The van der Waals surface area contributed by atoms with Crippen LogP contribution in [-0.2, 0) is 42.4 Å².